The monoisotopic (exact) mass is 296 g/mol. The summed E-state index contributed by atoms with van der Waals surface area (Å²) in [5.74, 6) is -2.19. The van der Waals surface area contributed by atoms with Crippen molar-refractivity contribution in [2.24, 2.45) is 0 Å². The van der Waals surface area contributed by atoms with Crippen LogP contribution in [0, 0.1) is 27.6 Å². The number of nitro benzene ring substituents is 1. The van der Waals surface area contributed by atoms with Crippen molar-refractivity contribution in [1.29, 1.82) is 0 Å². The van der Waals surface area contributed by atoms with Crippen LogP contribution in [-0.2, 0) is 0 Å². The maximum atomic E-state index is 13.6. The van der Waals surface area contributed by atoms with Crippen LogP contribution in [0.1, 0.15) is 18.5 Å². The van der Waals surface area contributed by atoms with E-state index in [-0.39, 0.29) is 16.9 Å². The molecule has 0 radical (unpaired) electrons. The van der Waals surface area contributed by atoms with Crippen molar-refractivity contribution in [3.05, 3.63) is 69.5 Å². The molecule has 1 unspecified atom stereocenters. The molecule has 0 aliphatic heterocycles. The fourth-order valence-electron chi connectivity index (χ4n) is 1.90. The normalized spacial score (nSPS) is 12.0. The van der Waals surface area contributed by atoms with E-state index in [0.717, 1.165) is 30.3 Å². The van der Waals surface area contributed by atoms with Gasteiger partial charge in [-0.25, -0.2) is 13.2 Å². The fourth-order valence-corrected chi connectivity index (χ4v) is 1.90. The molecule has 1 atom stereocenters. The van der Waals surface area contributed by atoms with Gasteiger partial charge in [-0.2, -0.15) is 0 Å². The predicted octanol–water partition coefficient (Wildman–Crippen LogP) is 4.19. The maximum Gasteiger partial charge on any atom is 0.271 e. The Morgan fingerprint density at radius 1 is 1.10 bits per heavy atom. The van der Waals surface area contributed by atoms with Crippen LogP contribution in [0.15, 0.2) is 36.4 Å². The molecule has 0 aliphatic rings. The van der Waals surface area contributed by atoms with E-state index in [1.54, 1.807) is 0 Å². The van der Waals surface area contributed by atoms with Crippen molar-refractivity contribution >= 4 is 11.4 Å². The number of nitrogens with one attached hydrogen (secondary N) is 1. The van der Waals surface area contributed by atoms with Crippen LogP contribution in [0.2, 0.25) is 0 Å². The van der Waals surface area contributed by atoms with Crippen molar-refractivity contribution in [3.63, 3.8) is 0 Å². The molecule has 2 aromatic rings. The Hall–Kier alpha value is -2.57. The van der Waals surface area contributed by atoms with Gasteiger partial charge in [-0.1, -0.05) is 6.07 Å². The molecule has 2 aromatic carbocycles. The molecule has 0 amide bonds. The van der Waals surface area contributed by atoms with Gasteiger partial charge in [0.05, 0.1) is 16.7 Å². The first-order valence-electron chi connectivity index (χ1n) is 6.04. The Balaban J connectivity index is 2.28. The molecule has 1 N–H and O–H groups in total. The van der Waals surface area contributed by atoms with Gasteiger partial charge >= 0.3 is 0 Å². The van der Waals surface area contributed by atoms with Crippen molar-refractivity contribution in [2.75, 3.05) is 5.32 Å². The summed E-state index contributed by atoms with van der Waals surface area (Å²) in [6.07, 6.45) is 0. The number of nitro groups is 1. The number of non-ortho nitro benzene ring substituents is 1. The summed E-state index contributed by atoms with van der Waals surface area (Å²) in [6, 6.07) is 5.35. The summed E-state index contributed by atoms with van der Waals surface area (Å²) >= 11 is 0. The molecule has 7 heteroatoms. The van der Waals surface area contributed by atoms with E-state index in [2.05, 4.69) is 5.32 Å². The zero-order chi connectivity index (χ0) is 15.6. The lowest BCUT2D eigenvalue weighted by atomic mass is 10.1. The smallest absolute Gasteiger partial charge is 0.271 e. The second-order valence-electron chi connectivity index (χ2n) is 4.45. The lowest BCUT2D eigenvalue weighted by Gasteiger charge is -2.16. The van der Waals surface area contributed by atoms with Crippen LogP contribution in [0.4, 0.5) is 24.5 Å². The van der Waals surface area contributed by atoms with Crippen molar-refractivity contribution in [3.8, 4) is 0 Å². The van der Waals surface area contributed by atoms with Crippen molar-refractivity contribution in [2.45, 2.75) is 13.0 Å². The van der Waals surface area contributed by atoms with E-state index >= 15 is 0 Å². The minimum atomic E-state index is -0.777. The molecule has 110 valence electrons. The number of hydrogen-bond donors (Lipinski definition) is 1. The van der Waals surface area contributed by atoms with Crippen LogP contribution in [0.25, 0.3) is 0 Å². The fraction of sp³-hybridized carbons (Fsp3) is 0.143. The molecule has 0 aromatic heterocycles. The number of rotatable bonds is 4. The molecule has 0 fully saturated rings. The standard InChI is InChI=1S/C14H11F3N2O2/c1-8(11-4-2-9(15)6-13(11)17)18-14-7-10(19(20)21)3-5-12(14)16/h2-8,18H,1H3. The SMILES string of the molecule is CC(Nc1cc([N+](=O)[O-])ccc1F)c1ccc(F)cc1F. The van der Waals surface area contributed by atoms with Gasteiger partial charge < -0.3 is 5.32 Å². The van der Waals surface area contributed by atoms with Crippen molar-refractivity contribution in [1.82, 2.24) is 0 Å². The average molecular weight is 296 g/mol. The molecule has 0 spiro atoms. The second kappa shape index (κ2) is 5.82. The summed E-state index contributed by atoms with van der Waals surface area (Å²) in [6.45, 7) is 1.54. The van der Waals surface area contributed by atoms with Gasteiger partial charge in [0.1, 0.15) is 17.5 Å². The number of benzene rings is 2. The summed E-state index contributed by atoms with van der Waals surface area (Å²) in [4.78, 5) is 10.0. The third kappa shape index (κ3) is 3.31. The number of nitrogens with zero attached hydrogens (tertiary/aromatic N) is 1. The third-order valence-electron chi connectivity index (χ3n) is 2.96. The highest BCUT2D eigenvalue weighted by atomic mass is 19.1. The molecule has 0 saturated carbocycles. The molecule has 0 saturated heterocycles. The molecule has 4 nitrogen and oxygen atoms in total. The van der Waals surface area contributed by atoms with Gasteiger partial charge in [-0.05, 0) is 19.1 Å². The van der Waals surface area contributed by atoms with Gasteiger partial charge in [-0.3, -0.25) is 10.1 Å². The highest BCUT2D eigenvalue weighted by molar-refractivity contribution is 5.53. The van der Waals surface area contributed by atoms with Gasteiger partial charge in [-0.15, -0.1) is 0 Å². The van der Waals surface area contributed by atoms with Crippen molar-refractivity contribution < 1.29 is 18.1 Å². The Morgan fingerprint density at radius 2 is 1.81 bits per heavy atom. The van der Waals surface area contributed by atoms with Crippen LogP contribution < -0.4 is 5.32 Å². The number of hydrogen-bond acceptors (Lipinski definition) is 3. The predicted molar refractivity (Wildman–Crippen MR) is 71.5 cm³/mol. The molecule has 0 aliphatic carbocycles. The maximum absolute atomic E-state index is 13.6. The molecule has 0 bridgehead atoms. The minimum Gasteiger partial charge on any atom is -0.376 e. The minimum absolute atomic E-state index is 0.125. The zero-order valence-electron chi connectivity index (χ0n) is 10.9. The molecule has 21 heavy (non-hydrogen) atoms. The first-order chi connectivity index (χ1) is 9.88. The van der Waals surface area contributed by atoms with E-state index < -0.39 is 28.4 Å². The lowest BCUT2D eigenvalue weighted by molar-refractivity contribution is -0.384. The zero-order valence-corrected chi connectivity index (χ0v) is 10.9. The van der Waals surface area contributed by atoms with Crippen LogP contribution in [-0.4, -0.2) is 4.92 Å². The van der Waals surface area contributed by atoms with Gasteiger partial charge in [0, 0.05) is 23.8 Å². The van der Waals surface area contributed by atoms with E-state index in [1.165, 1.54) is 13.0 Å². The van der Waals surface area contributed by atoms with Gasteiger partial charge in [0.2, 0.25) is 0 Å². The van der Waals surface area contributed by atoms with E-state index in [1.807, 2.05) is 0 Å². The third-order valence-corrected chi connectivity index (χ3v) is 2.96. The topological polar surface area (TPSA) is 55.2 Å². The lowest BCUT2D eigenvalue weighted by Crippen LogP contribution is -2.10. The first kappa shape index (κ1) is 14.8. The summed E-state index contributed by atoms with van der Waals surface area (Å²) in [5.41, 5.74) is -0.284. The molecular formula is C14H11F3N2O2. The molecular weight excluding hydrogens is 285 g/mol. The first-order valence-corrected chi connectivity index (χ1v) is 6.04. The van der Waals surface area contributed by atoms with Gasteiger partial charge in [0.15, 0.2) is 0 Å². The summed E-state index contributed by atoms with van der Waals surface area (Å²) < 4.78 is 40.1. The van der Waals surface area contributed by atoms with Gasteiger partial charge in [0.25, 0.3) is 5.69 Å². The molecule has 2 rings (SSSR count). The Morgan fingerprint density at radius 3 is 2.43 bits per heavy atom. The van der Waals surface area contributed by atoms with E-state index in [4.69, 9.17) is 0 Å². The quantitative estimate of drug-likeness (QED) is 0.680. The van der Waals surface area contributed by atoms with E-state index in [0.29, 0.717) is 0 Å². The van der Waals surface area contributed by atoms with E-state index in [9.17, 15) is 23.3 Å². The Labute approximate surface area is 118 Å². The van der Waals surface area contributed by atoms with Crippen LogP contribution in [0.5, 0.6) is 0 Å². The largest absolute Gasteiger partial charge is 0.376 e. The number of anilines is 1. The summed E-state index contributed by atoms with van der Waals surface area (Å²) in [5, 5.41) is 13.3. The highest BCUT2D eigenvalue weighted by Gasteiger charge is 2.16. The Kier molecular flexibility index (Phi) is 4.11. The average Bonchev–Trinajstić information content (AvgIpc) is 2.40. The van der Waals surface area contributed by atoms with Crippen LogP contribution in [0.3, 0.4) is 0 Å². The number of halogens is 3. The summed E-state index contributed by atoms with van der Waals surface area (Å²) in [7, 11) is 0. The highest BCUT2D eigenvalue weighted by Crippen LogP contribution is 2.27. The molecule has 0 heterocycles. The van der Waals surface area contributed by atoms with Crippen LogP contribution >= 0.6 is 0 Å². The second-order valence-corrected chi connectivity index (χ2v) is 4.45. The Bertz CT molecular complexity index is 692.